The molecule has 124 valence electrons. The first-order valence-corrected chi connectivity index (χ1v) is 8.57. The van der Waals surface area contributed by atoms with Gasteiger partial charge < -0.3 is 10.2 Å². The van der Waals surface area contributed by atoms with Gasteiger partial charge in [-0.1, -0.05) is 11.3 Å². The van der Waals surface area contributed by atoms with Crippen molar-refractivity contribution < 1.29 is 9.18 Å². The van der Waals surface area contributed by atoms with E-state index in [0.717, 1.165) is 24.2 Å². The predicted molar refractivity (Wildman–Crippen MR) is 91.4 cm³/mol. The highest BCUT2D eigenvalue weighted by atomic mass is 32.1. The largest absolute Gasteiger partial charge is 0.305 e. The summed E-state index contributed by atoms with van der Waals surface area (Å²) >= 11 is 1.30. The number of carbonyl (C=O) groups excluding carboxylic acids is 1. The van der Waals surface area contributed by atoms with Crippen LogP contribution in [0.4, 0.5) is 9.52 Å². The molecule has 1 aromatic carbocycles. The SMILES string of the molecule is CN(C)C1CCCN(CC(=O)Nc2nc3ccc(F)cc3s2)C1. The van der Waals surface area contributed by atoms with Gasteiger partial charge in [-0.2, -0.15) is 0 Å². The smallest absolute Gasteiger partial charge is 0.240 e. The molecule has 0 radical (unpaired) electrons. The van der Waals surface area contributed by atoms with Gasteiger partial charge in [0, 0.05) is 12.6 Å². The van der Waals surface area contributed by atoms with Gasteiger partial charge in [0.2, 0.25) is 5.91 Å². The number of anilines is 1. The van der Waals surface area contributed by atoms with E-state index in [2.05, 4.69) is 34.2 Å². The zero-order valence-corrected chi connectivity index (χ0v) is 14.2. The highest BCUT2D eigenvalue weighted by Crippen LogP contribution is 2.26. The molecule has 1 aromatic heterocycles. The second-order valence-electron chi connectivity index (χ2n) is 6.17. The molecule has 7 heteroatoms. The summed E-state index contributed by atoms with van der Waals surface area (Å²) in [4.78, 5) is 20.9. The van der Waals surface area contributed by atoms with Gasteiger partial charge in [0.15, 0.2) is 5.13 Å². The quantitative estimate of drug-likeness (QED) is 0.931. The maximum atomic E-state index is 13.2. The number of amides is 1. The van der Waals surface area contributed by atoms with Gasteiger partial charge in [-0.25, -0.2) is 9.37 Å². The summed E-state index contributed by atoms with van der Waals surface area (Å²) in [5.41, 5.74) is 0.706. The third-order valence-electron chi connectivity index (χ3n) is 4.17. The van der Waals surface area contributed by atoms with Crippen molar-refractivity contribution >= 4 is 32.6 Å². The monoisotopic (exact) mass is 336 g/mol. The summed E-state index contributed by atoms with van der Waals surface area (Å²) in [7, 11) is 4.16. The molecule has 1 amide bonds. The molecule has 5 nitrogen and oxygen atoms in total. The maximum Gasteiger partial charge on any atom is 0.240 e. The second-order valence-corrected chi connectivity index (χ2v) is 7.20. The lowest BCUT2D eigenvalue weighted by Crippen LogP contribution is -2.47. The Kier molecular flexibility index (Phi) is 4.89. The Morgan fingerprint density at radius 1 is 1.52 bits per heavy atom. The number of nitrogens with one attached hydrogen (secondary N) is 1. The third-order valence-corrected chi connectivity index (χ3v) is 5.11. The summed E-state index contributed by atoms with van der Waals surface area (Å²) in [6, 6.07) is 4.95. The van der Waals surface area contributed by atoms with E-state index >= 15 is 0 Å². The fourth-order valence-corrected chi connectivity index (χ4v) is 3.82. The Balaban J connectivity index is 1.59. The zero-order chi connectivity index (χ0) is 16.4. The van der Waals surface area contributed by atoms with Crippen LogP contribution in [-0.4, -0.2) is 60.5 Å². The van der Waals surface area contributed by atoms with Crippen molar-refractivity contribution in [1.82, 2.24) is 14.8 Å². The van der Waals surface area contributed by atoms with Gasteiger partial charge in [-0.15, -0.1) is 0 Å². The van der Waals surface area contributed by atoms with Crippen molar-refractivity contribution in [3.63, 3.8) is 0 Å². The maximum absolute atomic E-state index is 13.2. The third kappa shape index (κ3) is 4.04. The molecule has 1 saturated heterocycles. The Morgan fingerprint density at radius 2 is 2.35 bits per heavy atom. The number of aromatic nitrogens is 1. The predicted octanol–water partition coefficient (Wildman–Crippen LogP) is 2.40. The number of piperidine rings is 1. The van der Waals surface area contributed by atoms with Crippen molar-refractivity contribution in [2.24, 2.45) is 0 Å². The number of fused-ring (bicyclic) bond motifs is 1. The number of thiazole rings is 1. The highest BCUT2D eigenvalue weighted by molar-refractivity contribution is 7.22. The van der Waals surface area contributed by atoms with Gasteiger partial charge in [0.05, 0.1) is 16.8 Å². The number of halogens is 1. The molecule has 2 heterocycles. The topological polar surface area (TPSA) is 48.5 Å². The van der Waals surface area contributed by atoms with Crippen LogP contribution in [0.25, 0.3) is 10.2 Å². The second kappa shape index (κ2) is 6.90. The van der Waals surface area contributed by atoms with Crippen molar-refractivity contribution in [2.75, 3.05) is 39.0 Å². The number of nitrogens with zero attached hydrogens (tertiary/aromatic N) is 3. The molecule has 1 fully saturated rings. The molecular weight excluding hydrogens is 315 g/mol. The molecule has 0 saturated carbocycles. The lowest BCUT2D eigenvalue weighted by Gasteiger charge is -2.35. The Hall–Kier alpha value is -1.57. The Labute approximate surface area is 139 Å². The standard InChI is InChI=1S/C16H21FN4OS/c1-20(2)12-4-3-7-21(9-12)10-15(22)19-16-18-13-6-5-11(17)8-14(13)23-16/h5-6,8,12H,3-4,7,9-10H2,1-2H3,(H,18,19,22). The highest BCUT2D eigenvalue weighted by Gasteiger charge is 2.23. The number of benzene rings is 1. The van der Waals surface area contributed by atoms with E-state index in [1.165, 1.54) is 29.9 Å². The number of rotatable bonds is 4. The minimum atomic E-state index is -0.290. The fraction of sp³-hybridized carbons (Fsp3) is 0.500. The molecule has 0 bridgehead atoms. The van der Waals surface area contributed by atoms with E-state index < -0.39 is 0 Å². The normalized spacial score (nSPS) is 19.4. The first-order chi connectivity index (χ1) is 11.0. The van der Waals surface area contributed by atoms with E-state index in [0.29, 0.717) is 23.2 Å². The number of likely N-dealkylation sites (N-methyl/N-ethyl adjacent to an activating group) is 1. The molecular formula is C16H21FN4OS. The van der Waals surface area contributed by atoms with Crippen molar-refractivity contribution in [1.29, 1.82) is 0 Å². The van der Waals surface area contributed by atoms with E-state index in [1.54, 1.807) is 6.07 Å². The average Bonchev–Trinajstić information content (AvgIpc) is 2.88. The lowest BCUT2D eigenvalue weighted by molar-refractivity contribution is -0.117. The minimum absolute atomic E-state index is 0.0658. The van der Waals surface area contributed by atoms with Crippen LogP contribution in [0.2, 0.25) is 0 Å². The molecule has 3 rings (SSSR count). The first kappa shape index (κ1) is 16.3. The van der Waals surface area contributed by atoms with Crippen LogP contribution in [0.3, 0.4) is 0 Å². The molecule has 0 aliphatic carbocycles. The Morgan fingerprint density at radius 3 is 3.13 bits per heavy atom. The summed E-state index contributed by atoms with van der Waals surface area (Å²) < 4.78 is 13.9. The number of likely N-dealkylation sites (tertiary alicyclic amines) is 1. The number of hydrogen-bond acceptors (Lipinski definition) is 5. The fourth-order valence-electron chi connectivity index (χ4n) is 2.91. The zero-order valence-electron chi connectivity index (χ0n) is 13.4. The summed E-state index contributed by atoms with van der Waals surface area (Å²) in [6.45, 7) is 2.23. The molecule has 23 heavy (non-hydrogen) atoms. The van der Waals surface area contributed by atoms with Crippen molar-refractivity contribution in [2.45, 2.75) is 18.9 Å². The average molecular weight is 336 g/mol. The van der Waals surface area contributed by atoms with E-state index in [1.807, 2.05) is 0 Å². The Bertz CT molecular complexity index is 702. The molecule has 1 atom stereocenters. The summed E-state index contributed by atoms with van der Waals surface area (Å²) in [5.74, 6) is -0.356. The van der Waals surface area contributed by atoms with Crippen LogP contribution in [0.15, 0.2) is 18.2 Å². The summed E-state index contributed by atoms with van der Waals surface area (Å²) in [6.07, 6.45) is 2.28. The summed E-state index contributed by atoms with van der Waals surface area (Å²) in [5, 5.41) is 3.36. The van der Waals surface area contributed by atoms with Crippen molar-refractivity contribution in [3.8, 4) is 0 Å². The minimum Gasteiger partial charge on any atom is -0.305 e. The van der Waals surface area contributed by atoms with Crippen LogP contribution in [0, 0.1) is 5.82 Å². The van der Waals surface area contributed by atoms with Gasteiger partial charge in [0.25, 0.3) is 0 Å². The van der Waals surface area contributed by atoms with Crippen LogP contribution in [-0.2, 0) is 4.79 Å². The van der Waals surface area contributed by atoms with E-state index in [4.69, 9.17) is 0 Å². The molecule has 1 unspecified atom stereocenters. The molecule has 1 aliphatic heterocycles. The van der Waals surface area contributed by atoms with Crippen LogP contribution in [0.5, 0.6) is 0 Å². The van der Waals surface area contributed by atoms with Gasteiger partial charge >= 0.3 is 0 Å². The van der Waals surface area contributed by atoms with E-state index in [-0.39, 0.29) is 11.7 Å². The molecule has 1 N–H and O–H groups in total. The first-order valence-electron chi connectivity index (χ1n) is 7.76. The van der Waals surface area contributed by atoms with Gasteiger partial charge in [0.1, 0.15) is 5.82 Å². The number of hydrogen-bond donors (Lipinski definition) is 1. The van der Waals surface area contributed by atoms with E-state index in [9.17, 15) is 9.18 Å². The van der Waals surface area contributed by atoms with Crippen LogP contribution in [0.1, 0.15) is 12.8 Å². The van der Waals surface area contributed by atoms with Gasteiger partial charge in [-0.3, -0.25) is 9.69 Å². The van der Waals surface area contributed by atoms with Gasteiger partial charge in [-0.05, 0) is 51.7 Å². The molecule has 0 spiro atoms. The molecule has 2 aromatic rings. The van der Waals surface area contributed by atoms with Crippen LogP contribution >= 0.6 is 11.3 Å². The molecule has 1 aliphatic rings. The van der Waals surface area contributed by atoms with Crippen molar-refractivity contribution in [3.05, 3.63) is 24.0 Å². The lowest BCUT2D eigenvalue weighted by atomic mass is 10.1. The van der Waals surface area contributed by atoms with Crippen LogP contribution < -0.4 is 5.32 Å². The number of carbonyl (C=O) groups is 1.